The van der Waals surface area contributed by atoms with Gasteiger partial charge in [-0.25, -0.2) is 4.79 Å². The minimum atomic E-state index is -0.865. The Labute approximate surface area is 117 Å². The van der Waals surface area contributed by atoms with Crippen LogP contribution in [0.2, 0.25) is 0 Å². The van der Waals surface area contributed by atoms with Crippen molar-refractivity contribution >= 4 is 17.3 Å². The lowest BCUT2D eigenvalue weighted by molar-refractivity contribution is 0.0702. The maximum atomic E-state index is 10.8. The van der Waals surface area contributed by atoms with Crippen LogP contribution in [0.5, 0.6) is 0 Å². The van der Waals surface area contributed by atoms with Crippen molar-refractivity contribution in [1.29, 1.82) is 0 Å². The van der Waals surface area contributed by atoms with Crippen LogP contribution < -0.4 is 5.32 Å². The molecule has 1 fully saturated rings. The Morgan fingerprint density at radius 1 is 1.32 bits per heavy atom. The molecule has 0 bridgehead atoms. The molecule has 19 heavy (non-hydrogen) atoms. The molecule has 1 aliphatic rings. The van der Waals surface area contributed by atoms with Crippen LogP contribution in [0.15, 0.2) is 12.1 Å². The summed E-state index contributed by atoms with van der Waals surface area (Å²) >= 11 is 1.31. The van der Waals surface area contributed by atoms with E-state index >= 15 is 0 Å². The Morgan fingerprint density at radius 2 is 2.05 bits per heavy atom. The smallest absolute Gasteiger partial charge is 0.345 e. The van der Waals surface area contributed by atoms with Crippen LogP contribution in [-0.2, 0) is 6.54 Å². The van der Waals surface area contributed by atoms with Gasteiger partial charge in [-0.05, 0) is 25.0 Å². The summed E-state index contributed by atoms with van der Waals surface area (Å²) in [7, 11) is 0. The molecule has 1 heterocycles. The second-order valence-electron chi connectivity index (χ2n) is 5.39. The molecule has 0 aromatic carbocycles. The number of carbonyl (C=O) groups is 1. The first kappa shape index (κ1) is 14.5. The molecule has 1 aromatic heterocycles. The molecule has 1 aliphatic carbocycles. The van der Waals surface area contributed by atoms with Crippen molar-refractivity contribution in [2.45, 2.75) is 38.6 Å². The first-order valence-electron chi connectivity index (χ1n) is 6.79. The zero-order chi connectivity index (χ0) is 13.7. The van der Waals surface area contributed by atoms with Gasteiger partial charge >= 0.3 is 5.97 Å². The fraction of sp³-hybridized carbons (Fsp3) is 0.643. The molecular formula is C14H21NO3S. The zero-order valence-corrected chi connectivity index (χ0v) is 11.8. The number of carboxylic acids is 1. The monoisotopic (exact) mass is 283 g/mol. The summed E-state index contributed by atoms with van der Waals surface area (Å²) < 4.78 is 0. The Hall–Kier alpha value is -0.910. The van der Waals surface area contributed by atoms with E-state index in [1.54, 1.807) is 6.07 Å². The van der Waals surface area contributed by atoms with Crippen LogP contribution in [0, 0.1) is 5.41 Å². The van der Waals surface area contributed by atoms with Gasteiger partial charge in [0.25, 0.3) is 0 Å². The number of aromatic carboxylic acids is 1. The van der Waals surface area contributed by atoms with Gasteiger partial charge in [0, 0.05) is 30.0 Å². The van der Waals surface area contributed by atoms with Gasteiger partial charge in [0.2, 0.25) is 0 Å². The van der Waals surface area contributed by atoms with E-state index in [2.05, 4.69) is 5.32 Å². The van der Waals surface area contributed by atoms with Gasteiger partial charge in [0.15, 0.2) is 0 Å². The largest absolute Gasteiger partial charge is 0.477 e. The van der Waals surface area contributed by atoms with E-state index in [0.29, 0.717) is 11.4 Å². The minimum absolute atomic E-state index is 0.0329. The topological polar surface area (TPSA) is 69.6 Å². The third-order valence-corrected chi connectivity index (χ3v) is 4.99. The number of hydrogen-bond acceptors (Lipinski definition) is 4. The standard InChI is InChI=1S/C14H21NO3S/c16-10-14(6-2-1-3-7-14)9-15-8-11-4-5-12(19-11)13(17)18/h4-5,15-16H,1-3,6-10H2,(H,17,18). The van der Waals surface area contributed by atoms with Gasteiger partial charge in [-0.2, -0.15) is 0 Å². The molecule has 1 saturated carbocycles. The summed E-state index contributed by atoms with van der Waals surface area (Å²) in [5, 5.41) is 21.8. The third kappa shape index (κ3) is 3.78. The predicted octanol–water partition coefficient (Wildman–Crippen LogP) is 2.48. The van der Waals surface area contributed by atoms with Gasteiger partial charge in [-0.15, -0.1) is 11.3 Å². The van der Waals surface area contributed by atoms with Gasteiger partial charge < -0.3 is 15.5 Å². The summed E-state index contributed by atoms with van der Waals surface area (Å²) in [5.41, 5.74) is 0.0329. The highest BCUT2D eigenvalue weighted by molar-refractivity contribution is 7.13. The second kappa shape index (κ2) is 6.50. The second-order valence-corrected chi connectivity index (χ2v) is 6.56. The van der Waals surface area contributed by atoms with Crippen LogP contribution in [-0.4, -0.2) is 29.3 Å². The number of aliphatic hydroxyl groups excluding tert-OH is 1. The van der Waals surface area contributed by atoms with Gasteiger partial charge in [-0.3, -0.25) is 0 Å². The summed E-state index contributed by atoms with van der Waals surface area (Å²) in [6, 6.07) is 3.50. The molecule has 5 heteroatoms. The number of carboxylic acid groups (broad SMARTS) is 1. The van der Waals surface area contributed by atoms with E-state index in [4.69, 9.17) is 5.11 Å². The minimum Gasteiger partial charge on any atom is -0.477 e. The quantitative estimate of drug-likeness (QED) is 0.750. The molecule has 4 nitrogen and oxygen atoms in total. The molecule has 1 aromatic rings. The van der Waals surface area contributed by atoms with Crippen LogP contribution in [0.4, 0.5) is 0 Å². The van der Waals surface area contributed by atoms with Crippen molar-refractivity contribution in [3.63, 3.8) is 0 Å². The molecule has 3 N–H and O–H groups in total. The van der Waals surface area contributed by atoms with Crippen LogP contribution in [0.25, 0.3) is 0 Å². The molecule has 0 saturated heterocycles. The summed E-state index contributed by atoms with van der Waals surface area (Å²) in [4.78, 5) is 12.2. The summed E-state index contributed by atoms with van der Waals surface area (Å²) in [5.74, 6) is -0.865. The average molecular weight is 283 g/mol. The predicted molar refractivity (Wildman–Crippen MR) is 75.6 cm³/mol. The maximum absolute atomic E-state index is 10.8. The summed E-state index contributed by atoms with van der Waals surface area (Å²) in [6.07, 6.45) is 5.84. The maximum Gasteiger partial charge on any atom is 0.345 e. The lowest BCUT2D eigenvalue weighted by atomic mass is 9.74. The van der Waals surface area contributed by atoms with E-state index in [1.165, 1.54) is 30.6 Å². The van der Waals surface area contributed by atoms with Crippen molar-refractivity contribution in [3.05, 3.63) is 21.9 Å². The van der Waals surface area contributed by atoms with Crippen LogP contribution >= 0.6 is 11.3 Å². The molecule has 0 amide bonds. The molecule has 0 atom stereocenters. The fourth-order valence-corrected chi connectivity index (χ4v) is 3.55. The highest BCUT2D eigenvalue weighted by atomic mass is 32.1. The van der Waals surface area contributed by atoms with Crippen LogP contribution in [0.3, 0.4) is 0 Å². The van der Waals surface area contributed by atoms with Crippen molar-refractivity contribution in [1.82, 2.24) is 5.32 Å². The van der Waals surface area contributed by atoms with Gasteiger partial charge in [0.05, 0.1) is 0 Å². The SMILES string of the molecule is O=C(O)c1ccc(CNCC2(CO)CCCCC2)s1. The number of thiophene rings is 1. The molecule has 0 aliphatic heterocycles. The Morgan fingerprint density at radius 3 is 2.63 bits per heavy atom. The zero-order valence-electron chi connectivity index (χ0n) is 11.0. The highest BCUT2D eigenvalue weighted by Crippen LogP contribution is 2.35. The number of rotatable bonds is 6. The number of hydrogen-bond donors (Lipinski definition) is 3. The average Bonchev–Trinajstić information content (AvgIpc) is 2.89. The van der Waals surface area contributed by atoms with Gasteiger partial charge in [0.1, 0.15) is 4.88 Å². The van der Waals surface area contributed by atoms with Crippen molar-refractivity contribution in [2.24, 2.45) is 5.41 Å². The third-order valence-electron chi connectivity index (χ3n) is 3.92. The lowest BCUT2D eigenvalue weighted by Crippen LogP contribution is -2.38. The highest BCUT2D eigenvalue weighted by Gasteiger charge is 2.30. The Balaban J connectivity index is 1.82. The molecule has 2 rings (SSSR count). The first-order valence-corrected chi connectivity index (χ1v) is 7.60. The van der Waals surface area contributed by atoms with Crippen molar-refractivity contribution in [3.8, 4) is 0 Å². The van der Waals surface area contributed by atoms with Crippen molar-refractivity contribution < 1.29 is 15.0 Å². The fourth-order valence-electron chi connectivity index (χ4n) is 2.73. The Kier molecular flexibility index (Phi) is 4.96. The molecular weight excluding hydrogens is 262 g/mol. The van der Waals surface area contributed by atoms with E-state index < -0.39 is 5.97 Å². The molecule has 106 valence electrons. The molecule has 0 unspecified atom stereocenters. The van der Waals surface area contributed by atoms with Gasteiger partial charge in [-0.1, -0.05) is 19.3 Å². The normalized spacial score (nSPS) is 18.4. The Bertz CT molecular complexity index is 424. The van der Waals surface area contributed by atoms with E-state index in [9.17, 15) is 9.90 Å². The number of nitrogens with one attached hydrogen (secondary N) is 1. The van der Waals surface area contributed by atoms with Crippen LogP contribution in [0.1, 0.15) is 46.7 Å². The lowest BCUT2D eigenvalue weighted by Gasteiger charge is -2.35. The number of aliphatic hydroxyl groups is 1. The first-order chi connectivity index (χ1) is 9.15. The molecule has 0 spiro atoms. The van der Waals surface area contributed by atoms with Crippen molar-refractivity contribution in [2.75, 3.05) is 13.2 Å². The van der Waals surface area contributed by atoms with E-state index in [-0.39, 0.29) is 12.0 Å². The summed E-state index contributed by atoms with van der Waals surface area (Å²) in [6.45, 7) is 1.73. The van der Waals surface area contributed by atoms with E-state index in [0.717, 1.165) is 24.3 Å². The molecule has 0 radical (unpaired) electrons. The van der Waals surface area contributed by atoms with E-state index in [1.807, 2.05) is 6.07 Å².